The molecular weight excluding hydrogens is 267 g/mol. The second-order valence-corrected chi connectivity index (χ2v) is 5.67. The molecule has 2 N–H and O–H groups in total. The van der Waals surface area contributed by atoms with Gasteiger partial charge in [-0.25, -0.2) is 4.39 Å². The number of pyridine rings is 1. The number of rotatable bonds is 1. The van der Waals surface area contributed by atoms with Crippen LogP contribution in [-0.4, -0.2) is 9.36 Å². The van der Waals surface area contributed by atoms with Gasteiger partial charge in [-0.05, 0) is 42.4 Å². The van der Waals surface area contributed by atoms with Gasteiger partial charge in [0.2, 0.25) is 5.43 Å². The highest BCUT2D eigenvalue weighted by Crippen LogP contribution is 2.43. The van der Waals surface area contributed by atoms with E-state index in [2.05, 4.69) is 9.36 Å². The minimum Gasteiger partial charge on any atom is -0.345 e. The van der Waals surface area contributed by atoms with Crippen molar-refractivity contribution >= 4 is 32.7 Å². The number of aromatic amines is 2. The first-order valence-corrected chi connectivity index (χ1v) is 6.84. The maximum Gasteiger partial charge on any atom is 0.271 e. The van der Waals surface area contributed by atoms with Gasteiger partial charge in [0, 0.05) is 5.56 Å². The molecule has 4 nitrogen and oxygen atoms in total. The summed E-state index contributed by atoms with van der Waals surface area (Å²) in [4.78, 5) is 27.7. The Morgan fingerprint density at radius 2 is 2.00 bits per heavy atom. The van der Waals surface area contributed by atoms with Gasteiger partial charge in [0.15, 0.2) is 0 Å². The van der Waals surface area contributed by atoms with Gasteiger partial charge in [-0.15, -0.1) is 0 Å². The van der Waals surface area contributed by atoms with Crippen LogP contribution in [0.1, 0.15) is 24.3 Å². The molecule has 1 aromatic carbocycles. The average Bonchev–Trinajstić information content (AvgIpc) is 3.15. The second kappa shape index (κ2) is 3.54. The van der Waals surface area contributed by atoms with E-state index in [1.807, 2.05) is 0 Å². The van der Waals surface area contributed by atoms with Crippen LogP contribution in [0.15, 0.2) is 21.7 Å². The Hall–Kier alpha value is -1.95. The van der Waals surface area contributed by atoms with Crippen molar-refractivity contribution in [3.63, 3.8) is 0 Å². The van der Waals surface area contributed by atoms with E-state index in [9.17, 15) is 14.0 Å². The topological polar surface area (TPSA) is 65.7 Å². The molecule has 0 saturated heterocycles. The molecule has 6 heteroatoms. The van der Waals surface area contributed by atoms with Gasteiger partial charge in [0.1, 0.15) is 16.0 Å². The molecule has 1 aliphatic carbocycles. The molecule has 2 heterocycles. The molecule has 2 aromatic heterocycles. The van der Waals surface area contributed by atoms with E-state index < -0.39 is 5.56 Å². The number of halogens is 1. The summed E-state index contributed by atoms with van der Waals surface area (Å²) in [7, 11) is 0. The van der Waals surface area contributed by atoms with Crippen molar-refractivity contribution in [2.24, 2.45) is 0 Å². The summed E-state index contributed by atoms with van der Waals surface area (Å²) in [6.45, 7) is 0. The molecule has 0 radical (unpaired) electrons. The summed E-state index contributed by atoms with van der Waals surface area (Å²) in [5.74, 6) is -0.244. The van der Waals surface area contributed by atoms with Crippen LogP contribution in [0, 0.1) is 5.82 Å². The minimum atomic E-state index is -0.408. The molecule has 0 aliphatic heterocycles. The minimum absolute atomic E-state index is 0.102. The summed E-state index contributed by atoms with van der Waals surface area (Å²) in [6, 6.07) is 2.94. The zero-order valence-corrected chi connectivity index (χ0v) is 10.6. The molecule has 1 aliphatic rings. The Morgan fingerprint density at radius 1 is 1.21 bits per heavy atom. The predicted octanol–water partition coefficient (Wildman–Crippen LogP) is 2.45. The van der Waals surface area contributed by atoms with Crippen LogP contribution in [0.5, 0.6) is 0 Å². The van der Waals surface area contributed by atoms with E-state index in [1.54, 1.807) is 6.07 Å². The molecular formula is C13H9FN2O2S. The maximum atomic E-state index is 14.0. The van der Waals surface area contributed by atoms with Crippen molar-refractivity contribution in [3.8, 4) is 0 Å². The third kappa shape index (κ3) is 1.43. The highest BCUT2D eigenvalue weighted by Gasteiger charge is 2.30. The summed E-state index contributed by atoms with van der Waals surface area (Å²) >= 11 is 1.09. The van der Waals surface area contributed by atoms with Crippen molar-refractivity contribution in [3.05, 3.63) is 44.1 Å². The number of H-pyrrole nitrogens is 2. The zero-order valence-electron chi connectivity index (χ0n) is 9.75. The lowest BCUT2D eigenvalue weighted by molar-refractivity contribution is 0.613. The van der Waals surface area contributed by atoms with Crippen molar-refractivity contribution < 1.29 is 4.39 Å². The van der Waals surface area contributed by atoms with E-state index in [0.29, 0.717) is 21.3 Å². The van der Waals surface area contributed by atoms with Gasteiger partial charge >= 0.3 is 0 Å². The maximum absolute atomic E-state index is 14.0. The van der Waals surface area contributed by atoms with Crippen LogP contribution in [0.3, 0.4) is 0 Å². The number of benzene rings is 1. The summed E-state index contributed by atoms with van der Waals surface area (Å²) in [5.41, 5.74) is 0.282. The van der Waals surface area contributed by atoms with Crippen molar-refractivity contribution in [2.75, 3.05) is 0 Å². The average molecular weight is 276 g/mol. The van der Waals surface area contributed by atoms with E-state index in [0.717, 1.165) is 24.4 Å². The van der Waals surface area contributed by atoms with Gasteiger partial charge in [0.05, 0.1) is 10.9 Å². The third-order valence-electron chi connectivity index (χ3n) is 3.58. The lowest BCUT2D eigenvalue weighted by Gasteiger charge is -2.06. The summed E-state index contributed by atoms with van der Waals surface area (Å²) in [6.07, 6.45) is 1.79. The predicted molar refractivity (Wildman–Crippen MR) is 72.5 cm³/mol. The number of aromatic nitrogens is 2. The Morgan fingerprint density at radius 3 is 2.74 bits per heavy atom. The monoisotopic (exact) mass is 276 g/mol. The van der Waals surface area contributed by atoms with Crippen molar-refractivity contribution in [2.45, 2.75) is 18.8 Å². The Balaban J connectivity index is 2.30. The van der Waals surface area contributed by atoms with Crippen molar-refractivity contribution in [1.82, 2.24) is 9.36 Å². The van der Waals surface area contributed by atoms with Crippen LogP contribution in [0.2, 0.25) is 0 Å². The largest absolute Gasteiger partial charge is 0.345 e. The third-order valence-corrected chi connectivity index (χ3v) is 4.38. The molecule has 1 fully saturated rings. The van der Waals surface area contributed by atoms with Gasteiger partial charge in [-0.2, -0.15) is 0 Å². The lowest BCUT2D eigenvalue weighted by Crippen LogP contribution is -2.13. The molecule has 1 saturated carbocycles. The number of nitrogens with one attached hydrogen (secondary N) is 2. The molecule has 0 bridgehead atoms. The second-order valence-electron chi connectivity index (χ2n) is 4.85. The molecule has 0 spiro atoms. The molecule has 0 unspecified atom stereocenters. The Labute approximate surface area is 110 Å². The molecule has 0 amide bonds. The molecule has 3 aromatic rings. The van der Waals surface area contributed by atoms with Gasteiger partial charge in [-0.3, -0.25) is 14.0 Å². The fourth-order valence-electron chi connectivity index (χ4n) is 2.56. The molecule has 0 atom stereocenters. The molecule has 96 valence electrons. The smallest absolute Gasteiger partial charge is 0.271 e. The van der Waals surface area contributed by atoms with Gasteiger partial charge in [-0.1, -0.05) is 0 Å². The molecule has 4 rings (SSSR count). The van der Waals surface area contributed by atoms with Gasteiger partial charge in [0.25, 0.3) is 5.56 Å². The van der Waals surface area contributed by atoms with Crippen LogP contribution in [0.25, 0.3) is 21.1 Å². The van der Waals surface area contributed by atoms with E-state index >= 15 is 0 Å². The lowest BCUT2D eigenvalue weighted by atomic mass is 10.0. The SMILES string of the molecule is O=c1[nH]sc2[nH]c3ccc(F)c(C4CC4)c3c(=O)c12. The van der Waals surface area contributed by atoms with Crippen molar-refractivity contribution in [1.29, 1.82) is 0 Å². The highest BCUT2D eigenvalue weighted by molar-refractivity contribution is 7.12. The zero-order chi connectivity index (χ0) is 13.1. The summed E-state index contributed by atoms with van der Waals surface area (Å²) in [5, 5.41) is 0.434. The quantitative estimate of drug-likeness (QED) is 0.717. The van der Waals surface area contributed by atoms with Crippen LogP contribution in [0.4, 0.5) is 4.39 Å². The number of fused-ring (bicyclic) bond motifs is 2. The first kappa shape index (κ1) is 10.9. The highest BCUT2D eigenvalue weighted by atomic mass is 32.1. The van der Waals surface area contributed by atoms with Crippen LogP contribution in [-0.2, 0) is 0 Å². The van der Waals surface area contributed by atoms with Gasteiger partial charge < -0.3 is 4.98 Å². The summed E-state index contributed by atoms with van der Waals surface area (Å²) < 4.78 is 16.5. The first-order chi connectivity index (χ1) is 9.16. The molecule has 19 heavy (non-hydrogen) atoms. The fourth-order valence-corrected chi connectivity index (χ4v) is 3.30. The normalized spacial score (nSPS) is 15.4. The van der Waals surface area contributed by atoms with E-state index in [4.69, 9.17) is 0 Å². The number of hydrogen-bond donors (Lipinski definition) is 2. The number of hydrogen-bond acceptors (Lipinski definition) is 3. The Bertz CT molecular complexity index is 933. The Kier molecular flexibility index (Phi) is 2.04. The fraction of sp³-hybridized carbons (Fsp3) is 0.231. The van der Waals surface area contributed by atoms with E-state index in [-0.39, 0.29) is 22.6 Å². The van der Waals surface area contributed by atoms with Crippen LogP contribution >= 0.6 is 11.5 Å². The first-order valence-electron chi connectivity index (χ1n) is 6.02. The standard InChI is InChI=1S/C13H9FN2O2S/c14-6-3-4-7-9(8(6)5-1-2-5)11(17)10-12(18)16-19-13(10)15-7/h3-5H,1-2H2,(H,15,17)(H,16,18). The van der Waals surface area contributed by atoms with Crippen LogP contribution < -0.4 is 11.0 Å². The van der Waals surface area contributed by atoms with E-state index in [1.165, 1.54) is 6.07 Å².